The second kappa shape index (κ2) is 5.91. The Hall–Kier alpha value is -3.29. The Labute approximate surface area is 148 Å². The van der Waals surface area contributed by atoms with Gasteiger partial charge in [-0.05, 0) is 36.4 Å². The van der Waals surface area contributed by atoms with Gasteiger partial charge in [-0.15, -0.1) is 0 Å². The number of hydrogen-bond donors (Lipinski definition) is 1. The molecule has 0 radical (unpaired) electrons. The van der Waals surface area contributed by atoms with Gasteiger partial charge in [-0.25, -0.2) is 15.0 Å². The highest BCUT2D eigenvalue weighted by atomic mass is 16.6. The fraction of sp³-hybridized carbons (Fsp3) is 0.105. The van der Waals surface area contributed by atoms with Crippen molar-refractivity contribution < 1.29 is 19.4 Å². The minimum atomic E-state index is -2.01. The van der Waals surface area contributed by atoms with E-state index in [2.05, 4.69) is 15.0 Å². The third kappa shape index (κ3) is 2.42. The second-order valence-electron chi connectivity index (χ2n) is 5.73. The van der Waals surface area contributed by atoms with Crippen LogP contribution in [0, 0.1) is 0 Å². The number of aliphatic hydroxyl groups is 1. The lowest BCUT2D eigenvalue weighted by molar-refractivity contribution is -0.165. The predicted octanol–water partition coefficient (Wildman–Crippen LogP) is 1.49. The van der Waals surface area contributed by atoms with Gasteiger partial charge < -0.3 is 9.84 Å². The molecule has 0 amide bonds. The molecule has 0 atom stereocenters. The molecule has 4 rings (SSSR count). The zero-order valence-electron chi connectivity index (χ0n) is 13.7. The van der Waals surface area contributed by atoms with Crippen LogP contribution >= 0.6 is 0 Å². The normalized spacial score (nSPS) is 15.2. The topological polar surface area (TPSA) is 102 Å². The quantitative estimate of drug-likeness (QED) is 0.665. The Kier molecular flexibility index (Phi) is 3.68. The highest BCUT2D eigenvalue weighted by molar-refractivity contribution is 6.09. The van der Waals surface area contributed by atoms with Gasteiger partial charge in [-0.2, -0.15) is 0 Å². The lowest BCUT2D eigenvalue weighted by Crippen LogP contribution is -2.33. The molecule has 6 bridgehead atoms. The van der Waals surface area contributed by atoms with Gasteiger partial charge in [-0.3, -0.25) is 9.59 Å². The maximum Gasteiger partial charge on any atom is 0.254 e. The number of carbonyl (C=O) groups excluding carboxylic acids is 2. The number of nitrogens with zero attached hydrogens (tertiary/aromatic N) is 3. The first-order valence-electron chi connectivity index (χ1n) is 7.82. The van der Waals surface area contributed by atoms with Crippen LogP contribution in [0.4, 0.5) is 0 Å². The molecule has 0 saturated carbocycles. The summed E-state index contributed by atoms with van der Waals surface area (Å²) in [5, 5.41) is 11.0. The third-order valence-corrected chi connectivity index (χ3v) is 4.17. The second-order valence-corrected chi connectivity index (χ2v) is 5.73. The summed E-state index contributed by atoms with van der Waals surface area (Å²) in [7, 11) is 1.29. The van der Waals surface area contributed by atoms with E-state index in [1.54, 1.807) is 18.2 Å². The highest BCUT2D eigenvalue weighted by Gasteiger charge is 2.36. The number of ketones is 2. The Morgan fingerprint density at radius 3 is 1.54 bits per heavy atom. The first kappa shape index (κ1) is 16.2. The minimum Gasteiger partial charge on any atom is -0.356 e. The highest BCUT2D eigenvalue weighted by Crippen LogP contribution is 2.29. The maximum atomic E-state index is 12.7. The fourth-order valence-corrected chi connectivity index (χ4v) is 2.79. The van der Waals surface area contributed by atoms with Crippen molar-refractivity contribution >= 4 is 11.6 Å². The summed E-state index contributed by atoms with van der Waals surface area (Å²) in [6, 6.07) is 13.8. The van der Waals surface area contributed by atoms with E-state index in [-0.39, 0.29) is 34.2 Å². The van der Waals surface area contributed by atoms with Crippen molar-refractivity contribution in [1.82, 2.24) is 15.0 Å². The van der Waals surface area contributed by atoms with Crippen LogP contribution in [0.5, 0.6) is 0 Å². The van der Waals surface area contributed by atoms with E-state index < -0.39 is 17.4 Å². The fourth-order valence-electron chi connectivity index (χ4n) is 2.79. The lowest BCUT2D eigenvalue weighted by Gasteiger charge is -2.26. The molecule has 1 aliphatic rings. The van der Waals surface area contributed by atoms with Crippen molar-refractivity contribution in [2.75, 3.05) is 7.11 Å². The summed E-state index contributed by atoms with van der Waals surface area (Å²) < 4.78 is 5.27. The summed E-state index contributed by atoms with van der Waals surface area (Å²) in [5.41, 5.74) is 0.481. The van der Waals surface area contributed by atoms with E-state index in [0.717, 1.165) is 0 Å². The van der Waals surface area contributed by atoms with Gasteiger partial charge in [0.1, 0.15) is 34.2 Å². The average molecular weight is 347 g/mol. The van der Waals surface area contributed by atoms with E-state index in [0.29, 0.717) is 0 Å². The summed E-state index contributed by atoms with van der Waals surface area (Å²) in [4.78, 5) is 38.1. The number of methoxy groups -OCH3 is 1. The van der Waals surface area contributed by atoms with Crippen LogP contribution in [0.15, 0.2) is 54.6 Å². The van der Waals surface area contributed by atoms with Crippen LogP contribution in [-0.4, -0.2) is 38.7 Å². The van der Waals surface area contributed by atoms with Crippen molar-refractivity contribution in [3.8, 4) is 0 Å². The molecule has 0 fully saturated rings. The van der Waals surface area contributed by atoms with Crippen LogP contribution in [0.1, 0.15) is 43.8 Å². The number of carbonyl (C=O) groups is 2. The molecule has 0 aromatic carbocycles. The number of fused-ring (bicyclic) bond motifs is 6. The third-order valence-electron chi connectivity index (χ3n) is 4.17. The van der Waals surface area contributed by atoms with Crippen molar-refractivity contribution in [2.24, 2.45) is 0 Å². The van der Waals surface area contributed by atoms with Crippen molar-refractivity contribution in [1.29, 1.82) is 0 Å². The van der Waals surface area contributed by atoms with Crippen LogP contribution in [0.3, 0.4) is 0 Å². The van der Waals surface area contributed by atoms with Gasteiger partial charge >= 0.3 is 0 Å². The van der Waals surface area contributed by atoms with Crippen LogP contribution in [0.2, 0.25) is 0 Å². The number of pyridine rings is 3. The van der Waals surface area contributed by atoms with Crippen LogP contribution in [0.25, 0.3) is 0 Å². The van der Waals surface area contributed by atoms with Gasteiger partial charge in [0.15, 0.2) is 0 Å². The summed E-state index contributed by atoms with van der Waals surface area (Å²) in [6.07, 6.45) is 0. The average Bonchev–Trinajstić information content (AvgIpc) is 2.71. The first-order chi connectivity index (χ1) is 12.5. The molecular formula is C19H13N3O4. The predicted molar refractivity (Wildman–Crippen MR) is 89.6 cm³/mol. The molecule has 7 nitrogen and oxygen atoms in total. The van der Waals surface area contributed by atoms with Gasteiger partial charge in [0.05, 0.1) is 0 Å². The van der Waals surface area contributed by atoms with Crippen molar-refractivity contribution in [2.45, 2.75) is 5.79 Å². The van der Waals surface area contributed by atoms with Crippen molar-refractivity contribution in [3.63, 3.8) is 0 Å². The van der Waals surface area contributed by atoms with E-state index in [4.69, 9.17) is 4.74 Å². The lowest BCUT2D eigenvalue weighted by atomic mass is 10.0. The number of aromatic nitrogens is 3. The molecule has 0 unspecified atom stereocenters. The van der Waals surface area contributed by atoms with Gasteiger partial charge in [0.2, 0.25) is 11.6 Å². The molecule has 4 heterocycles. The molecule has 0 spiro atoms. The van der Waals surface area contributed by atoms with Gasteiger partial charge in [0, 0.05) is 7.11 Å². The summed E-state index contributed by atoms with van der Waals surface area (Å²) in [5.74, 6) is -2.93. The zero-order chi connectivity index (χ0) is 18.3. The molecule has 128 valence electrons. The molecule has 26 heavy (non-hydrogen) atoms. The van der Waals surface area contributed by atoms with E-state index >= 15 is 0 Å². The minimum absolute atomic E-state index is 0.0757. The smallest absolute Gasteiger partial charge is 0.254 e. The Morgan fingerprint density at radius 2 is 1.12 bits per heavy atom. The van der Waals surface area contributed by atoms with E-state index in [9.17, 15) is 14.7 Å². The summed E-state index contributed by atoms with van der Waals surface area (Å²) >= 11 is 0. The number of rotatable bonds is 1. The first-order valence-corrected chi connectivity index (χ1v) is 7.82. The van der Waals surface area contributed by atoms with Crippen LogP contribution in [-0.2, 0) is 10.5 Å². The number of ether oxygens (including phenoxy) is 1. The SMILES string of the molecule is COC1(O)c2cccc(n2)C(=O)c2cccc(n2)C(=O)c2cccc1n2. The van der Waals surface area contributed by atoms with Crippen molar-refractivity contribution in [3.05, 3.63) is 88.8 Å². The Morgan fingerprint density at radius 1 is 0.731 bits per heavy atom. The largest absolute Gasteiger partial charge is 0.356 e. The number of hydrogen-bond acceptors (Lipinski definition) is 7. The monoisotopic (exact) mass is 347 g/mol. The molecule has 0 aliphatic carbocycles. The molecule has 3 aromatic heterocycles. The molecule has 0 saturated heterocycles. The standard InChI is InChI=1S/C19H13N3O4/c1-26-19(25)15-9-3-7-13(21-15)17(23)11-5-2-6-12(20-11)18(24)14-8-4-10-16(19)22-14/h2-10,25H,1H3. The molecule has 3 aromatic rings. The van der Waals surface area contributed by atoms with E-state index in [1.807, 2.05) is 0 Å². The van der Waals surface area contributed by atoms with Crippen LogP contribution < -0.4 is 0 Å². The van der Waals surface area contributed by atoms with Gasteiger partial charge in [0.25, 0.3) is 5.79 Å². The van der Waals surface area contributed by atoms with E-state index in [1.165, 1.54) is 43.5 Å². The molecule has 7 heteroatoms. The Bertz CT molecular complexity index is 973. The van der Waals surface area contributed by atoms with Gasteiger partial charge in [-0.1, -0.05) is 18.2 Å². The maximum absolute atomic E-state index is 12.7. The molecule has 1 N–H and O–H groups in total. The zero-order valence-corrected chi connectivity index (χ0v) is 13.7. The summed E-state index contributed by atoms with van der Waals surface area (Å²) in [6.45, 7) is 0. The molecular weight excluding hydrogens is 334 g/mol. The Balaban J connectivity index is 2.06. The molecule has 1 aliphatic heterocycles.